The number of nitrogens with one attached hydrogen (secondary N) is 1. The van der Waals surface area contributed by atoms with E-state index in [0.717, 1.165) is 25.1 Å². The molecule has 0 aromatic heterocycles. The fraction of sp³-hybridized carbons (Fsp3) is 0.333. The smallest absolute Gasteiger partial charge is 0.0504 e. The number of hydrogen-bond acceptors (Lipinski definition) is 2. The molecule has 104 valence electrons. The number of aliphatic hydroxyl groups is 1. The van der Waals surface area contributed by atoms with E-state index in [-0.39, 0.29) is 5.41 Å². The maximum absolute atomic E-state index is 9.47. The third-order valence-electron chi connectivity index (χ3n) is 4.41. The van der Waals surface area contributed by atoms with Crippen molar-refractivity contribution in [1.82, 2.24) is 0 Å². The summed E-state index contributed by atoms with van der Waals surface area (Å²) in [6.45, 7) is 1.16. The lowest BCUT2D eigenvalue weighted by atomic mass is 9.69. The summed E-state index contributed by atoms with van der Waals surface area (Å²) >= 11 is 0. The third-order valence-corrected chi connectivity index (χ3v) is 4.41. The molecule has 0 atom stereocenters. The van der Waals surface area contributed by atoms with Crippen LogP contribution in [0.1, 0.15) is 19.3 Å². The molecule has 20 heavy (non-hydrogen) atoms. The van der Waals surface area contributed by atoms with Gasteiger partial charge in [0.1, 0.15) is 0 Å². The third kappa shape index (κ3) is 2.70. The van der Waals surface area contributed by atoms with Gasteiger partial charge in [-0.2, -0.15) is 0 Å². The van der Waals surface area contributed by atoms with Crippen molar-refractivity contribution in [2.24, 2.45) is 5.41 Å². The second kappa shape index (κ2) is 5.68. The molecule has 1 aliphatic carbocycles. The monoisotopic (exact) mass is 267 g/mol. The zero-order valence-electron chi connectivity index (χ0n) is 11.7. The molecule has 2 aromatic rings. The van der Waals surface area contributed by atoms with Crippen LogP contribution < -0.4 is 5.32 Å². The molecular formula is C18H21NO. The molecule has 1 saturated carbocycles. The first kappa shape index (κ1) is 13.2. The summed E-state index contributed by atoms with van der Waals surface area (Å²) in [6, 6.07) is 18.9. The summed E-state index contributed by atoms with van der Waals surface area (Å²) in [5, 5.41) is 12.9. The van der Waals surface area contributed by atoms with Crippen molar-refractivity contribution in [3.05, 3.63) is 54.6 Å². The van der Waals surface area contributed by atoms with E-state index < -0.39 is 0 Å². The summed E-state index contributed by atoms with van der Waals surface area (Å²) in [5.74, 6) is 0. The lowest BCUT2D eigenvalue weighted by molar-refractivity contribution is 0.0576. The van der Waals surface area contributed by atoms with Crippen LogP contribution in [0.3, 0.4) is 0 Å². The first-order chi connectivity index (χ1) is 9.81. The summed E-state index contributed by atoms with van der Waals surface area (Å²) < 4.78 is 0. The number of anilines is 1. The minimum atomic E-state index is 0.123. The molecule has 1 fully saturated rings. The van der Waals surface area contributed by atoms with Gasteiger partial charge in [-0.3, -0.25) is 0 Å². The second-order valence-electron chi connectivity index (χ2n) is 5.81. The normalized spacial score (nSPS) is 16.4. The lowest BCUT2D eigenvalue weighted by Gasteiger charge is -2.40. The van der Waals surface area contributed by atoms with Crippen molar-refractivity contribution in [3.8, 4) is 11.1 Å². The minimum absolute atomic E-state index is 0.123. The van der Waals surface area contributed by atoms with Gasteiger partial charge in [0.05, 0.1) is 6.61 Å². The Hall–Kier alpha value is -1.80. The van der Waals surface area contributed by atoms with Gasteiger partial charge >= 0.3 is 0 Å². The van der Waals surface area contributed by atoms with Crippen LogP contribution >= 0.6 is 0 Å². The molecule has 0 bridgehead atoms. The number of aliphatic hydroxyl groups excluding tert-OH is 1. The molecule has 0 amide bonds. The Kier molecular flexibility index (Phi) is 3.75. The van der Waals surface area contributed by atoms with Crippen LogP contribution in [0.15, 0.2) is 54.6 Å². The summed E-state index contributed by atoms with van der Waals surface area (Å²) in [4.78, 5) is 0. The van der Waals surface area contributed by atoms with Crippen LogP contribution in [-0.2, 0) is 0 Å². The maximum Gasteiger partial charge on any atom is 0.0504 e. The van der Waals surface area contributed by atoms with Crippen molar-refractivity contribution in [2.75, 3.05) is 18.5 Å². The van der Waals surface area contributed by atoms with Gasteiger partial charge in [-0.25, -0.2) is 0 Å². The fourth-order valence-electron chi connectivity index (χ4n) is 2.77. The van der Waals surface area contributed by atoms with Crippen LogP contribution in [0.5, 0.6) is 0 Å². The average Bonchev–Trinajstić information content (AvgIpc) is 2.48. The Labute approximate surface area is 120 Å². The quantitative estimate of drug-likeness (QED) is 0.860. The predicted octanol–water partition coefficient (Wildman–Crippen LogP) is 3.93. The van der Waals surface area contributed by atoms with Crippen molar-refractivity contribution in [2.45, 2.75) is 19.3 Å². The Morgan fingerprint density at radius 2 is 1.55 bits per heavy atom. The van der Waals surface area contributed by atoms with Gasteiger partial charge in [-0.1, -0.05) is 48.9 Å². The zero-order chi connectivity index (χ0) is 13.8. The van der Waals surface area contributed by atoms with Crippen LogP contribution in [-0.4, -0.2) is 18.3 Å². The van der Waals surface area contributed by atoms with E-state index in [1.165, 1.54) is 17.5 Å². The van der Waals surface area contributed by atoms with Crippen LogP contribution in [0, 0.1) is 5.41 Å². The molecule has 0 spiro atoms. The van der Waals surface area contributed by atoms with Gasteiger partial charge in [0.2, 0.25) is 0 Å². The summed E-state index contributed by atoms with van der Waals surface area (Å²) in [5.41, 5.74) is 3.73. The van der Waals surface area contributed by atoms with Gasteiger partial charge in [-0.05, 0) is 36.1 Å². The van der Waals surface area contributed by atoms with Crippen molar-refractivity contribution in [1.29, 1.82) is 0 Å². The highest BCUT2D eigenvalue weighted by atomic mass is 16.3. The fourth-order valence-corrected chi connectivity index (χ4v) is 2.77. The molecule has 0 unspecified atom stereocenters. The van der Waals surface area contributed by atoms with E-state index in [0.29, 0.717) is 6.61 Å². The minimum Gasteiger partial charge on any atom is -0.396 e. The van der Waals surface area contributed by atoms with Crippen LogP contribution in [0.4, 0.5) is 5.69 Å². The van der Waals surface area contributed by atoms with Crippen LogP contribution in [0.25, 0.3) is 11.1 Å². The highest BCUT2D eigenvalue weighted by Gasteiger charge is 2.35. The van der Waals surface area contributed by atoms with Crippen molar-refractivity contribution >= 4 is 5.69 Å². The van der Waals surface area contributed by atoms with Crippen molar-refractivity contribution < 1.29 is 5.11 Å². The Balaban J connectivity index is 1.65. The number of hydrogen-bond donors (Lipinski definition) is 2. The van der Waals surface area contributed by atoms with Crippen molar-refractivity contribution in [3.63, 3.8) is 0 Å². The Morgan fingerprint density at radius 1 is 0.900 bits per heavy atom. The summed E-state index contributed by atoms with van der Waals surface area (Å²) in [6.07, 6.45) is 3.52. The molecule has 2 nitrogen and oxygen atoms in total. The van der Waals surface area contributed by atoms with E-state index in [1.54, 1.807) is 0 Å². The molecule has 0 aliphatic heterocycles. The molecule has 0 saturated heterocycles. The second-order valence-corrected chi connectivity index (χ2v) is 5.81. The van der Waals surface area contributed by atoms with E-state index in [2.05, 4.69) is 53.8 Å². The first-order valence-electron chi connectivity index (χ1n) is 7.32. The molecule has 0 radical (unpaired) electrons. The molecule has 3 rings (SSSR count). The molecule has 2 heteroatoms. The molecule has 2 N–H and O–H groups in total. The standard InChI is InChI=1S/C18H21NO/c20-14-18(11-4-12-18)13-19-17-9-7-16(8-10-17)15-5-2-1-3-6-15/h1-3,5-10,19-20H,4,11-14H2. The topological polar surface area (TPSA) is 32.3 Å². The Bertz CT molecular complexity index is 538. The van der Waals surface area contributed by atoms with Gasteiger partial charge < -0.3 is 10.4 Å². The number of benzene rings is 2. The average molecular weight is 267 g/mol. The summed E-state index contributed by atoms with van der Waals surface area (Å²) in [7, 11) is 0. The predicted molar refractivity (Wildman–Crippen MR) is 83.7 cm³/mol. The van der Waals surface area contributed by atoms with Gasteiger partial charge in [0, 0.05) is 17.6 Å². The van der Waals surface area contributed by atoms with E-state index >= 15 is 0 Å². The largest absolute Gasteiger partial charge is 0.396 e. The SMILES string of the molecule is OCC1(CNc2ccc(-c3ccccc3)cc2)CCC1. The zero-order valence-corrected chi connectivity index (χ0v) is 11.7. The molecular weight excluding hydrogens is 246 g/mol. The number of rotatable bonds is 5. The van der Waals surface area contributed by atoms with Gasteiger partial charge in [-0.15, -0.1) is 0 Å². The van der Waals surface area contributed by atoms with E-state index in [9.17, 15) is 5.11 Å². The van der Waals surface area contributed by atoms with Crippen LogP contribution in [0.2, 0.25) is 0 Å². The highest BCUT2D eigenvalue weighted by Crippen LogP contribution is 2.40. The molecule has 0 heterocycles. The Morgan fingerprint density at radius 3 is 2.10 bits per heavy atom. The van der Waals surface area contributed by atoms with Gasteiger partial charge in [0.15, 0.2) is 0 Å². The maximum atomic E-state index is 9.47. The van der Waals surface area contributed by atoms with E-state index in [1.807, 2.05) is 6.07 Å². The molecule has 1 aliphatic rings. The highest BCUT2D eigenvalue weighted by molar-refractivity contribution is 5.65. The first-order valence-corrected chi connectivity index (χ1v) is 7.32. The lowest BCUT2D eigenvalue weighted by Crippen LogP contribution is -2.39. The van der Waals surface area contributed by atoms with E-state index in [4.69, 9.17) is 0 Å². The van der Waals surface area contributed by atoms with Gasteiger partial charge in [0.25, 0.3) is 0 Å². The molecule has 2 aromatic carbocycles.